The second-order valence-corrected chi connectivity index (χ2v) is 6.71. The van der Waals surface area contributed by atoms with Crippen LogP contribution in [0, 0.1) is 10.1 Å². The van der Waals surface area contributed by atoms with Gasteiger partial charge in [0, 0.05) is 37.8 Å². The van der Waals surface area contributed by atoms with Gasteiger partial charge in [-0.1, -0.05) is 18.2 Å². The summed E-state index contributed by atoms with van der Waals surface area (Å²) in [5.41, 5.74) is 0.238. The number of nitrogens with zero attached hydrogens (tertiary/aromatic N) is 6. The number of carbonyl (C=O) groups is 1. The summed E-state index contributed by atoms with van der Waals surface area (Å²) in [5.74, 6) is 0.339. The van der Waals surface area contributed by atoms with E-state index >= 15 is 0 Å². The largest absolute Gasteiger partial charge is 0.450 e. The molecule has 1 amide bonds. The van der Waals surface area contributed by atoms with Gasteiger partial charge in [0.05, 0.1) is 11.5 Å². The van der Waals surface area contributed by atoms with Crippen LogP contribution in [0.25, 0.3) is 10.9 Å². The molecule has 0 bridgehead atoms. The highest BCUT2D eigenvalue weighted by Crippen LogP contribution is 2.37. The molecule has 1 fully saturated rings. The number of aromatic nitrogens is 3. The predicted octanol–water partition coefficient (Wildman–Crippen LogP) is 3.00. The van der Waals surface area contributed by atoms with E-state index in [2.05, 4.69) is 15.0 Å². The molecule has 0 spiro atoms. The summed E-state index contributed by atoms with van der Waals surface area (Å²) in [6.45, 7) is 3.50. The first-order valence-electron chi connectivity index (χ1n) is 9.76. The van der Waals surface area contributed by atoms with Gasteiger partial charge in [-0.05, 0) is 19.1 Å². The van der Waals surface area contributed by atoms with E-state index in [9.17, 15) is 14.9 Å². The van der Waals surface area contributed by atoms with Crippen LogP contribution in [-0.2, 0) is 4.74 Å². The van der Waals surface area contributed by atoms with Crippen molar-refractivity contribution >= 4 is 28.5 Å². The van der Waals surface area contributed by atoms with Gasteiger partial charge < -0.3 is 19.3 Å². The van der Waals surface area contributed by atoms with Crippen molar-refractivity contribution in [1.82, 2.24) is 19.9 Å². The molecule has 3 heterocycles. The SMILES string of the molecule is CCOC(=O)N1CCN(c2ncnc(Oc3cccc4cccnc34)c2[N+](=O)[O-])CC1. The van der Waals surface area contributed by atoms with Crippen molar-refractivity contribution in [2.75, 3.05) is 37.7 Å². The van der Waals surface area contributed by atoms with Crippen LogP contribution >= 0.6 is 0 Å². The van der Waals surface area contributed by atoms with E-state index < -0.39 is 11.0 Å². The van der Waals surface area contributed by atoms with Gasteiger partial charge in [-0.15, -0.1) is 0 Å². The number of carbonyl (C=O) groups excluding carboxylic acids is 1. The highest BCUT2D eigenvalue weighted by molar-refractivity contribution is 5.84. The number of benzene rings is 1. The summed E-state index contributed by atoms with van der Waals surface area (Å²) in [6, 6.07) is 9.00. The van der Waals surface area contributed by atoms with Gasteiger partial charge in [0.15, 0.2) is 5.75 Å². The van der Waals surface area contributed by atoms with E-state index in [1.165, 1.54) is 6.33 Å². The van der Waals surface area contributed by atoms with Gasteiger partial charge in [0.1, 0.15) is 11.8 Å². The summed E-state index contributed by atoms with van der Waals surface area (Å²) in [7, 11) is 0. The van der Waals surface area contributed by atoms with E-state index in [1.54, 1.807) is 41.1 Å². The highest BCUT2D eigenvalue weighted by atomic mass is 16.6. The minimum Gasteiger partial charge on any atom is -0.450 e. The van der Waals surface area contributed by atoms with Crippen LogP contribution in [0.4, 0.5) is 16.3 Å². The number of amides is 1. The number of pyridine rings is 1. The van der Waals surface area contributed by atoms with Crippen LogP contribution in [0.5, 0.6) is 11.6 Å². The number of para-hydroxylation sites is 1. The van der Waals surface area contributed by atoms with Crippen LogP contribution in [0.1, 0.15) is 6.92 Å². The summed E-state index contributed by atoms with van der Waals surface area (Å²) in [4.78, 5) is 39.0. The fourth-order valence-electron chi connectivity index (χ4n) is 3.40. The molecule has 1 aliphatic heterocycles. The van der Waals surface area contributed by atoms with E-state index in [1.807, 2.05) is 12.1 Å². The summed E-state index contributed by atoms with van der Waals surface area (Å²) < 4.78 is 10.9. The molecule has 1 aromatic carbocycles. The number of hydrogen-bond acceptors (Lipinski definition) is 9. The number of rotatable bonds is 5. The molecule has 1 saturated heterocycles. The summed E-state index contributed by atoms with van der Waals surface area (Å²) in [5, 5.41) is 12.8. The van der Waals surface area contributed by atoms with Crippen molar-refractivity contribution in [3.63, 3.8) is 0 Å². The molecule has 31 heavy (non-hydrogen) atoms. The monoisotopic (exact) mass is 424 g/mol. The number of piperazine rings is 1. The van der Waals surface area contributed by atoms with E-state index in [4.69, 9.17) is 9.47 Å². The average Bonchev–Trinajstić information content (AvgIpc) is 2.79. The lowest BCUT2D eigenvalue weighted by atomic mass is 10.2. The van der Waals surface area contributed by atoms with Gasteiger partial charge in [-0.25, -0.2) is 9.78 Å². The third-order valence-electron chi connectivity index (χ3n) is 4.86. The topological polar surface area (TPSA) is 124 Å². The Hall–Kier alpha value is -4.02. The molecule has 0 unspecified atom stereocenters. The highest BCUT2D eigenvalue weighted by Gasteiger charge is 2.32. The number of ether oxygens (including phenoxy) is 2. The van der Waals surface area contributed by atoms with Gasteiger partial charge in [0.2, 0.25) is 5.82 Å². The smallest absolute Gasteiger partial charge is 0.409 e. The second kappa shape index (κ2) is 8.78. The molecule has 160 valence electrons. The maximum atomic E-state index is 11.9. The molecule has 0 aliphatic carbocycles. The van der Waals surface area contributed by atoms with Crippen molar-refractivity contribution < 1.29 is 19.2 Å². The quantitative estimate of drug-likeness (QED) is 0.449. The van der Waals surface area contributed by atoms with E-state index in [0.29, 0.717) is 44.1 Å². The van der Waals surface area contributed by atoms with Crippen molar-refractivity contribution in [2.45, 2.75) is 6.92 Å². The Morgan fingerprint density at radius 3 is 2.65 bits per heavy atom. The molecule has 2 aromatic heterocycles. The third kappa shape index (κ3) is 4.15. The third-order valence-corrected chi connectivity index (χ3v) is 4.86. The zero-order chi connectivity index (χ0) is 21.8. The van der Waals surface area contributed by atoms with Crippen molar-refractivity contribution in [3.05, 3.63) is 53.0 Å². The predicted molar refractivity (Wildman–Crippen MR) is 111 cm³/mol. The molecule has 0 radical (unpaired) electrons. The fourth-order valence-corrected chi connectivity index (χ4v) is 3.40. The minimum atomic E-state index is -0.555. The lowest BCUT2D eigenvalue weighted by molar-refractivity contribution is -0.385. The minimum absolute atomic E-state index is 0.145. The molecule has 4 rings (SSSR count). The molecule has 0 N–H and O–H groups in total. The number of fused-ring (bicyclic) bond motifs is 1. The maximum Gasteiger partial charge on any atom is 0.409 e. The maximum absolute atomic E-state index is 11.9. The van der Waals surface area contributed by atoms with Crippen molar-refractivity contribution in [3.8, 4) is 11.6 Å². The first kappa shape index (κ1) is 20.3. The molecule has 11 heteroatoms. The first-order chi connectivity index (χ1) is 15.1. The number of anilines is 1. The standard InChI is InChI=1S/C20H20N6O5/c1-2-30-20(27)25-11-9-24(10-12-25)18-17(26(28)29)19(23-13-22-18)31-15-7-3-5-14-6-4-8-21-16(14)15/h3-8,13H,2,9-12H2,1H3. The average molecular weight is 424 g/mol. The zero-order valence-corrected chi connectivity index (χ0v) is 16.8. The number of nitro groups is 1. The molecule has 1 aliphatic rings. The van der Waals surface area contributed by atoms with Gasteiger partial charge in [0.25, 0.3) is 0 Å². The Morgan fingerprint density at radius 1 is 1.13 bits per heavy atom. The molecule has 0 saturated carbocycles. The van der Waals surface area contributed by atoms with Crippen molar-refractivity contribution in [2.24, 2.45) is 0 Å². The van der Waals surface area contributed by atoms with Gasteiger partial charge in [-0.2, -0.15) is 4.98 Å². The molecular weight excluding hydrogens is 404 g/mol. The summed E-state index contributed by atoms with van der Waals surface area (Å²) >= 11 is 0. The lowest BCUT2D eigenvalue weighted by Gasteiger charge is -2.34. The normalized spacial score (nSPS) is 13.8. The Morgan fingerprint density at radius 2 is 1.90 bits per heavy atom. The summed E-state index contributed by atoms with van der Waals surface area (Å²) in [6.07, 6.45) is 2.46. The van der Waals surface area contributed by atoms with Crippen molar-refractivity contribution in [1.29, 1.82) is 0 Å². The first-order valence-corrected chi connectivity index (χ1v) is 9.76. The van der Waals surface area contributed by atoms with E-state index in [-0.39, 0.29) is 17.4 Å². The number of hydrogen-bond donors (Lipinski definition) is 0. The van der Waals surface area contributed by atoms with Crippen LogP contribution in [-0.4, -0.2) is 63.7 Å². The van der Waals surface area contributed by atoms with E-state index in [0.717, 1.165) is 5.39 Å². The van der Waals surface area contributed by atoms with Crippen LogP contribution in [0.3, 0.4) is 0 Å². The zero-order valence-electron chi connectivity index (χ0n) is 16.8. The Bertz CT molecular complexity index is 1110. The van der Waals surface area contributed by atoms with Crippen LogP contribution < -0.4 is 9.64 Å². The Balaban J connectivity index is 1.62. The molecule has 3 aromatic rings. The lowest BCUT2D eigenvalue weighted by Crippen LogP contribution is -2.49. The van der Waals surface area contributed by atoms with Crippen LogP contribution in [0.2, 0.25) is 0 Å². The molecule has 11 nitrogen and oxygen atoms in total. The second-order valence-electron chi connectivity index (χ2n) is 6.71. The molecule has 0 atom stereocenters. The van der Waals surface area contributed by atoms with Crippen LogP contribution in [0.15, 0.2) is 42.9 Å². The Kier molecular flexibility index (Phi) is 5.74. The van der Waals surface area contributed by atoms with Gasteiger partial charge >= 0.3 is 17.7 Å². The Labute approximate surface area is 177 Å². The fraction of sp³-hybridized carbons (Fsp3) is 0.300. The molecular formula is C20H20N6O5. The van der Waals surface area contributed by atoms with Gasteiger partial charge in [-0.3, -0.25) is 15.1 Å².